The van der Waals surface area contributed by atoms with E-state index in [1.165, 1.54) is 0 Å². The molecular formula is C22H29N5O3. The number of hydrogen-bond donors (Lipinski definition) is 3. The minimum Gasteiger partial charge on any atom is -0.444 e. The van der Waals surface area contributed by atoms with Crippen LogP contribution in [0.4, 0.5) is 4.79 Å². The summed E-state index contributed by atoms with van der Waals surface area (Å²) in [6.07, 6.45) is 6.64. The Morgan fingerprint density at radius 3 is 2.87 bits per heavy atom. The molecule has 0 spiro atoms. The average molecular weight is 412 g/mol. The zero-order chi connectivity index (χ0) is 21.0. The first kappa shape index (κ1) is 19.4. The summed E-state index contributed by atoms with van der Waals surface area (Å²) < 4.78 is 7.71. The van der Waals surface area contributed by atoms with Crippen molar-refractivity contribution in [3.05, 3.63) is 24.3 Å². The normalized spacial score (nSPS) is 26.0. The van der Waals surface area contributed by atoms with E-state index >= 15 is 0 Å². The fourth-order valence-corrected chi connectivity index (χ4v) is 5.30. The zero-order valence-electron chi connectivity index (χ0n) is 17.7. The number of imidazole rings is 1. The number of nitrogens with one attached hydrogen (secondary N) is 2. The minimum absolute atomic E-state index is 0.174. The monoisotopic (exact) mass is 411 g/mol. The molecule has 2 bridgehead atoms. The molecular weight excluding hydrogens is 382 g/mol. The zero-order valence-corrected chi connectivity index (χ0v) is 17.7. The van der Waals surface area contributed by atoms with Gasteiger partial charge >= 0.3 is 6.09 Å². The second-order valence-electron chi connectivity index (χ2n) is 9.67. The van der Waals surface area contributed by atoms with Crippen molar-refractivity contribution >= 4 is 28.2 Å². The molecule has 0 saturated heterocycles. The van der Waals surface area contributed by atoms with Gasteiger partial charge in [0.05, 0.1) is 17.8 Å². The number of rotatable bonds is 4. The highest BCUT2D eigenvalue weighted by Crippen LogP contribution is 2.52. The molecule has 1 amide bonds. The van der Waals surface area contributed by atoms with Crippen molar-refractivity contribution in [3.8, 4) is 0 Å². The third-order valence-corrected chi connectivity index (χ3v) is 6.44. The fourth-order valence-electron chi connectivity index (χ4n) is 5.30. The van der Waals surface area contributed by atoms with Gasteiger partial charge in [-0.1, -0.05) is 0 Å². The van der Waals surface area contributed by atoms with E-state index in [0.29, 0.717) is 30.8 Å². The standard InChI is InChI=1S/C22H29N5O3/c1-22(2,3)30-21(29)24-7-5-18-26-15-11-25-20-14(4-6-23-20)19(15)27(18)16-9-13-8-12(16)10-17(13)28/h4,6,11-13,16-17,28H,5,7-10H2,1-3H3,(H,23,25)(H,24,29). The molecule has 4 unspecified atom stereocenters. The number of ether oxygens (including phenoxy) is 1. The number of nitrogens with zero attached hydrogens (tertiary/aromatic N) is 3. The Bertz CT molecular complexity index is 1090. The Kier molecular flexibility index (Phi) is 4.50. The van der Waals surface area contributed by atoms with Gasteiger partial charge in [0, 0.05) is 30.6 Å². The summed E-state index contributed by atoms with van der Waals surface area (Å²) in [5, 5.41) is 14.2. The van der Waals surface area contributed by atoms with E-state index in [0.717, 1.165) is 47.2 Å². The number of amides is 1. The molecule has 3 aromatic rings. The lowest BCUT2D eigenvalue weighted by atomic mass is 9.92. The Hall–Kier alpha value is -2.61. The molecule has 3 aromatic heterocycles. The number of aromatic nitrogens is 4. The first-order chi connectivity index (χ1) is 14.3. The highest BCUT2D eigenvalue weighted by Gasteiger charge is 2.46. The molecule has 0 aromatic carbocycles. The molecule has 0 radical (unpaired) electrons. The lowest BCUT2D eigenvalue weighted by Gasteiger charge is -2.28. The van der Waals surface area contributed by atoms with Gasteiger partial charge in [-0.25, -0.2) is 14.8 Å². The van der Waals surface area contributed by atoms with Gasteiger partial charge in [-0.3, -0.25) is 0 Å². The van der Waals surface area contributed by atoms with Crippen molar-refractivity contribution in [3.63, 3.8) is 0 Å². The molecule has 2 aliphatic carbocycles. The smallest absolute Gasteiger partial charge is 0.407 e. The third kappa shape index (κ3) is 3.33. The van der Waals surface area contributed by atoms with Crippen LogP contribution in [0.1, 0.15) is 51.9 Å². The fraction of sp³-hybridized carbons (Fsp3) is 0.591. The Balaban J connectivity index is 1.46. The van der Waals surface area contributed by atoms with Crippen LogP contribution in [0.3, 0.4) is 0 Å². The molecule has 2 fully saturated rings. The van der Waals surface area contributed by atoms with Crippen LogP contribution >= 0.6 is 0 Å². The maximum Gasteiger partial charge on any atom is 0.407 e. The molecule has 3 N–H and O–H groups in total. The number of pyridine rings is 1. The van der Waals surface area contributed by atoms with E-state index in [-0.39, 0.29) is 6.10 Å². The summed E-state index contributed by atoms with van der Waals surface area (Å²) in [4.78, 5) is 24.6. The van der Waals surface area contributed by atoms with Crippen LogP contribution in [0.2, 0.25) is 0 Å². The van der Waals surface area contributed by atoms with E-state index in [2.05, 4.69) is 19.9 Å². The molecule has 8 nitrogen and oxygen atoms in total. The van der Waals surface area contributed by atoms with Gasteiger partial charge in [0.25, 0.3) is 0 Å². The van der Waals surface area contributed by atoms with Gasteiger partial charge in [-0.15, -0.1) is 0 Å². The lowest BCUT2D eigenvalue weighted by Crippen LogP contribution is -2.34. The number of aromatic amines is 1. The van der Waals surface area contributed by atoms with Crippen LogP contribution in [-0.4, -0.2) is 49.0 Å². The van der Waals surface area contributed by atoms with Gasteiger partial charge in [0.2, 0.25) is 0 Å². The van der Waals surface area contributed by atoms with Crippen LogP contribution in [0.5, 0.6) is 0 Å². The summed E-state index contributed by atoms with van der Waals surface area (Å²) in [6.45, 7) is 6.01. The minimum atomic E-state index is -0.521. The van der Waals surface area contributed by atoms with E-state index in [1.54, 1.807) is 0 Å². The number of fused-ring (bicyclic) bond motifs is 5. The van der Waals surface area contributed by atoms with Crippen LogP contribution in [0, 0.1) is 11.8 Å². The number of H-pyrrole nitrogens is 1. The number of carbonyl (C=O) groups excluding carboxylic acids is 1. The van der Waals surface area contributed by atoms with Gasteiger partial charge in [0.1, 0.15) is 22.6 Å². The lowest BCUT2D eigenvalue weighted by molar-refractivity contribution is 0.0528. The molecule has 3 heterocycles. The second-order valence-corrected chi connectivity index (χ2v) is 9.67. The molecule has 2 aliphatic rings. The van der Waals surface area contributed by atoms with E-state index in [4.69, 9.17) is 9.72 Å². The van der Waals surface area contributed by atoms with Crippen molar-refractivity contribution < 1.29 is 14.6 Å². The number of carbonyl (C=O) groups is 1. The van der Waals surface area contributed by atoms with Crippen molar-refractivity contribution in [2.24, 2.45) is 11.8 Å². The van der Waals surface area contributed by atoms with Gasteiger partial charge < -0.3 is 24.7 Å². The Morgan fingerprint density at radius 2 is 2.17 bits per heavy atom. The largest absolute Gasteiger partial charge is 0.444 e. The Labute approximate surface area is 175 Å². The third-order valence-electron chi connectivity index (χ3n) is 6.44. The first-order valence-electron chi connectivity index (χ1n) is 10.8. The van der Waals surface area contributed by atoms with Crippen LogP contribution in [0.25, 0.3) is 22.1 Å². The highest BCUT2D eigenvalue weighted by atomic mass is 16.6. The topological polar surface area (TPSA) is 105 Å². The van der Waals surface area contributed by atoms with E-state index < -0.39 is 11.7 Å². The molecule has 30 heavy (non-hydrogen) atoms. The molecule has 8 heteroatoms. The first-order valence-corrected chi connectivity index (χ1v) is 10.8. The predicted octanol–water partition coefficient (Wildman–Crippen LogP) is 3.31. The summed E-state index contributed by atoms with van der Waals surface area (Å²) in [7, 11) is 0. The van der Waals surface area contributed by atoms with Gasteiger partial charge in [-0.05, 0) is 57.9 Å². The quantitative estimate of drug-likeness (QED) is 0.611. The Morgan fingerprint density at radius 1 is 1.33 bits per heavy atom. The average Bonchev–Trinajstić information content (AvgIpc) is 3.40. The molecule has 0 aliphatic heterocycles. The SMILES string of the molecule is CC(C)(C)OC(=O)NCCc1nc2cnc3[nH]ccc3c2n1C1CC2CC1CC2O. The molecule has 2 saturated carbocycles. The van der Waals surface area contributed by atoms with E-state index in [1.807, 2.05) is 39.2 Å². The molecule has 160 valence electrons. The number of aliphatic hydroxyl groups is 1. The summed E-state index contributed by atoms with van der Waals surface area (Å²) >= 11 is 0. The summed E-state index contributed by atoms with van der Waals surface area (Å²) in [5.41, 5.74) is 2.30. The number of alkyl carbamates (subject to hydrolysis) is 1. The van der Waals surface area contributed by atoms with Gasteiger partial charge in [-0.2, -0.15) is 0 Å². The predicted molar refractivity (Wildman–Crippen MR) is 113 cm³/mol. The number of hydrogen-bond acceptors (Lipinski definition) is 5. The molecule has 5 rings (SSSR count). The number of aliphatic hydroxyl groups excluding tert-OH is 1. The van der Waals surface area contributed by atoms with Crippen LogP contribution in [0.15, 0.2) is 18.5 Å². The summed E-state index contributed by atoms with van der Waals surface area (Å²) in [6, 6.07) is 2.37. The second kappa shape index (κ2) is 6.97. The molecule has 4 atom stereocenters. The van der Waals surface area contributed by atoms with Crippen molar-refractivity contribution in [2.75, 3.05) is 6.54 Å². The van der Waals surface area contributed by atoms with Crippen LogP contribution in [-0.2, 0) is 11.2 Å². The van der Waals surface area contributed by atoms with E-state index in [9.17, 15) is 9.90 Å². The van der Waals surface area contributed by atoms with Crippen molar-refractivity contribution in [1.29, 1.82) is 0 Å². The van der Waals surface area contributed by atoms with Crippen LogP contribution < -0.4 is 5.32 Å². The highest BCUT2D eigenvalue weighted by molar-refractivity contribution is 6.01. The van der Waals surface area contributed by atoms with Crippen molar-refractivity contribution in [2.45, 2.75) is 64.2 Å². The summed E-state index contributed by atoms with van der Waals surface area (Å²) in [5.74, 6) is 1.78. The van der Waals surface area contributed by atoms with Crippen molar-refractivity contribution in [1.82, 2.24) is 24.8 Å². The maximum absolute atomic E-state index is 12.0. The maximum atomic E-state index is 12.0. The van der Waals surface area contributed by atoms with Gasteiger partial charge in [0.15, 0.2) is 0 Å².